The van der Waals surface area contributed by atoms with Crippen molar-refractivity contribution in [3.05, 3.63) is 10.6 Å². The zero-order valence-electron chi connectivity index (χ0n) is 9.93. The van der Waals surface area contributed by atoms with E-state index in [-0.39, 0.29) is 11.8 Å². The Morgan fingerprint density at radius 3 is 2.81 bits per heavy atom. The minimum atomic E-state index is -0.00727. The molecule has 0 unspecified atom stereocenters. The van der Waals surface area contributed by atoms with Crippen LogP contribution in [-0.2, 0) is 0 Å². The molecule has 1 amide bonds. The molecule has 0 spiro atoms. The number of hydrogen-bond donors (Lipinski definition) is 1. The third kappa shape index (κ3) is 2.99. The van der Waals surface area contributed by atoms with Crippen LogP contribution >= 0.6 is 11.5 Å². The molecular weight excluding hydrogens is 224 g/mol. The van der Waals surface area contributed by atoms with E-state index in [2.05, 4.69) is 9.59 Å². The molecule has 0 aliphatic carbocycles. The Bertz CT molecular complexity index is 350. The molecule has 5 nitrogen and oxygen atoms in total. The maximum absolute atomic E-state index is 12.1. The zero-order chi connectivity index (χ0) is 12.1. The lowest BCUT2D eigenvalue weighted by Gasteiger charge is -2.16. The highest BCUT2D eigenvalue weighted by atomic mass is 32.1. The highest BCUT2D eigenvalue weighted by Gasteiger charge is 2.21. The predicted octanol–water partition coefficient (Wildman–Crippen LogP) is 1.08. The first-order chi connectivity index (χ1) is 7.57. The number of nitrogens with two attached hydrogens (primary N) is 1. The Morgan fingerprint density at radius 1 is 1.56 bits per heavy atom. The fraction of sp³-hybridized carbons (Fsp3) is 0.700. The highest BCUT2D eigenvalue weighted by Crippen LogP contribution is 2.20. The standard InChI is InChI=1S/C10H18N4OS/c1-7(2)8-9(16-13-12-8)10(15)14(3)6-4-5-11/h7H,4-6,11H2,1-3H3. The number of carbonyl (C=O) groups excluding carboxylic acids is 1. The molecule has 0 saturated carbocycles. The van der Waals surface area contributed by atoms with Gasteiger partial charge in [0.15, 0.2) is 0 Å². The van der Waals surface area contributed by atoms with E-state index in [4.69, 9.17) is 5.73 Å². The van der Waals surface area contributed by atoms with Crippen LogP contribution in [0.4, 0.5) is 0 Å². The average molecular weight is 242 g/mol. The van der Waals surface area contributed by atoms with Crippen LogP contribution in [0, 0.1) is 0 Å². The monoisotopic (exact) mass is 242 g/mol. The molecule has 90 valence electrons. The van der Waals surface area contributed by atoms with E-state index >= 15 is 0 Å². The minimum absolute atomic E-state index is 0.00727. The number of rotatable bonds is 5. The van der Waals surface area contributed by atoms with Crippen LogP contribution in [0.5, 0.6) is 0 Å². The summed E-state index contributed by atoms with van der Waals surface area (Å²) in [6.07, 6.45) is 0.811. The van der Waals surface area contributed by atoms with Gasteiger partial charge in [0.2, 0.25) is 0 Å². The number of nitrogens with zero attached hydrogens (tertiary/aromatic N) is 3. The van der Waals surface area contributed by atoms with Crippen LogP contribution in [0.15, 0.2) is 0 Å². The molecule has 0 saturated heterocycles. The first kappa shape index (κ1) is 13.1. The van der Waals surface area contributed by atoms with E-state index in [1.807, 2.05) is 13.8 Å². The van der Waals surface area contributed by atoms with E-state index in [1.165, 1.54) is 0 Å². The summed E-state index contributed by atoms with van der Waals surface area (Å²) in [6.45, 7) is 5.28. The molecule has 0 aliphatic heterocycles. The van der Waals surface area contributed by atoms with Gasteiger partial charge in [-0.15, -0.1) is 5.10 Å². The first-order valence-corrected chi connectivity index (χ1v) is 6.13. The Hall–Kier alpha value is -1.01. The van der Waals surface area contributed by atoms with Crippen molar-refractivity contribution in [2.24, 2.45) is 5.73 Å². The number of carbonyl (C=O) groups is 1. The molecule has 0 aliphatic rings. The van der Waals surface area contributed by atoms with Gasteiger partial charge in [-0.3, -0.25) is 4.79 Å². The molecule has 1 rings (SSSR count). The van der Waals surface area contributed by atoms with Gasteiger partial charge in [0.1, 0.15) is 4.88 Å². The topological polar surface area (TPSA) is 72.1 Å². The second-order valence-electron chi connectivity index (χ2n) is 4.01. The van der Waals surface area contributed by atoms with E-state index in [9.17, 15) is 4.79 Å². The van der Waals surface area contributed by atoms with Crippen LogP contribution in [0.25, 0.3) is 0 Å². The van der Waals surface area contributed by atoms with Gasteiger partial charge in [0.05, 0.1) is 5.69 Å². The van der Waals surface area contributed by atoms with Gasteiger partial charge in [0, 0.05) is 13.6 Å². The van der Waals surface area contributed by atoms with E-state index in [1.54, 1.807) is 11.9 Å². The lowest BCUT2D eigenvalue weighted by molar-refractivity contribution is 0.0797. The molecule has 1 aromatic rings. The van der Waals surface area contributed by atoms with Crippen molar-refractivity contribution < 1.29 is 4.79 Å². The van der Waals surface area contributed by atoms with E-state index in [0.29, 0.717) is 18.0 Å². The molecule has 1 heterocycles. The summed E-state index contributed by atoms with van der Waals surface area (Å²) in [5.41, 5.74) is 6.20. The van der Waals surface area contributed by atoms with Crippen LogP contribution in [0.3, 0.4) is 0 Å². The smallest absolute Gasteiger partial charge is 0.267 e. The van der Waals surface area contributed by atoms with Crippen molar-refractivity contribution in [3.63, 3.8) is 0 Å². The Morgan fingerprint density at radius 2 is 2.25 bits per heavy atom. The van der Waals surface area contributed by atoms with Crippen molar-refractivity contribution >= 4 is 17.4 Å². The summed E-state index contributed by atoms with van der Waals surface area (Å²) in [4.78, 5) is 14.4. The van der Waals surface area contributed by atoms with Crippen molar-refractivity contribution in [2.45, 2.75) is 26.2 Å². The largest absolute Gasteiger partial charge is 0.341 e. The van der Waals surface area contributed by atoms with Crippen molar-refractivity contribution in [2.75, 3.05) is 20.1 Å². The van der Waals surface area contributed by atoms with Crippen LogP contribution in [0.1, 0.15) is 41.6 Å². The summed E-state index contributed by atoms with van der Waals surface area (Å²) >= 11 is 1.16. The van der Waals surface area contributed by atoms with Gasteiger partial charge in [-0.2, -0.15) is 0 Å². The van der Waals surface area contributed by atoms with Crippen LogP contribution in [0.2, 0.25) is 0 Å². The Kier molecular flexibility index (Phi) is 4.82. The van der Waals surface area contributed by atoms with Gasteiger partial charge in [-0.1, -0.05) is 18.3 Å². The fourth-order valence-corrected chi connectivity index (χ4v) is 2.14. The molecule has 6 heteroatoms. The number of amides is 1. The lowest BCUT2D eigenvalue weighted by atomic mass is 10.1. The normalized spacial score (nSPS) is 10.8. The molecule has 0 radical (unpaired) electrons. The summed E-state index contributed by atoms with van der Waals surface area (Å²) < 4.78 is 3.85. The summed E-state index contributed by atoms with van der Waals surface area (Å²) in [7, 11) is 1.78. The molecular formula is C10H18N4OS. The van der Waals surface area contributed by atoms with Crippen molar-refractivity contribution in [3.8, 4) is 0 Å². The maximum atomic E-state index is 12.1. The van der Waals surface area contributed by atoms with Crippen LogP contribution < -0.4 is 5.73 Å². The first-order valence-electron chi connectivity index (χ1n) is 5.35. The SMILES string of the molecule is CC(C)c1nnsc1C(=O)N(C)CCCN. The van der Waals surface area contributed by atoms with Gasteiger partial charge in [-0.05, 0) is 30.4 Å². The second kappa shape index (κ2) is 5.91. The number of hydrogen-bond acceptors (Lipinski definition) is 5. The van der Waals surface area contributed by atoms with Gasteiger partial charge < -0.3 is 10.6 Å². The minimum Gasteiger partial charge on any atom is -0.341 e. The average Bonchev–Trinajstić information content (AvgIpc) is 2.73. The van der Waals surface area contributed by atoms with Crippen molar-refractivity contribution in [1.29, 1.82) is 0 Å². The summed E-state index contributed by atoms with van der Waals surface area (Å²) in [5, 5.41) is 4.00. The van der Waals surface area contributed by atoms with Crippen LogP contribution in [-0.4, -0.2) is 40.5 Å². The highest BCUT2D eigenvalue weighted by molar-refractivity contribution is 7.08. The maximum Gasteiger partial charge on any atom is 0.267 e. The van der Waals surface area contributed by atoms with Gasteiger partial charge in [0.25, 0.3) is 5.91 Å². The molecule has 16 heavy (non-hydrogen) atoms. The molecule has 0 fully saturated rings. The van der Waals surface area contributed by atoms with Gasteiger partial charge >= 0.3 is 0 Å². The lowest BCUT2D eigenvalue weighted by Crippen LogP contribution is -2.29. The number of aromatic nitrogens is 2. The third-order valence-corrected chi connectivity index (χ3v) is 3.03. The zero-order valence-corrected chi connectivity index (χ0v) is 10.8. The van der Waals surface area contributed by atoms with Gasteiger partial charge in [-0.25, -0.2) is 0 Å². The molecule has 0 bridgehead atoms. The quantitative estimate of drug-likeness (QED) is 0.838. The molecule has 0 atom stereocenters. The molecule has 1 aromatic heterocycles. The van der Waals surface area contributed by atoms with E-state index in [0.717, 1.165) is 23.6 Å². The summed E-state index contributed by atoms with van der Waals surface area (Å²) in [5.74, 6) is 0.216. The second-order valence-corrected chi connectivity index (χ2v) is 4.77. The molecule has 0 aromatic carbocycles. The predicted molar refractivity (Wildman–Crippen MR) is 64.6 cm³/mol. The third-order valence-electron chi connectivity index (χ3n) is 2.30. The molecule has 2 N–H and O–H groups in total. The Balaban J connectivity index is 2.75. The van der Waals surface area contributed by atoms with E-state index < -0.39 is 0 Å². The summed E-state index contributed by atoms with van der Waals surface area (Å²) in [6, 6.07) is 0. The fourth-order valence-electron chi connectivity index (χ4n) is 1.33. The Labute approximate surface area is 99.8 Å². The van der Waals surface area contributed by atoms with Crippen molar-refractivity contribution in [1.82, 2.24) is 14.5 Å².